The molecule has 0 aliphatic carbocycles. The van der Waals surface area contributed by atoms with E-state index in [1.54, 1.807) is 6.20 Å². The number of aromatic nitrogens is 4. The van der Waals surface area contributed by atoms with Crippen LogP contribution in [-0.4, -0.2) is 19.4 Å². The van der Waals surface area contributed by atoms with Gasteiger partial charge in [0, 0.05) is 45.0 Å². The van der Waals surface area contributed by atoms with Gasteiger partial charge in [-0.05, 0) is 36.0 Å². The molecule has 3 heterocycles. The Morgan fingerprint density at radius 1 is 0.852 bits per heavy atom. The molecule has 0 amide bonds. The Labute approximate surface area is 164 Å². The van der Waals surface area contributed by atoms with Crippen molar-refractivity contribution in [2.24, 2.45) is 0 Å². The number of fused-ring (bicyclic) bond motifs is 3. The normalized spacial score (nSPS) is 11.3. The van der Waals surface area contributed by atoms with E-state index in [-0.39, 0.29) is 0 Å². The van der Waals surface area contributed by atoms with Crippen LogP contribution in [0.3, 0.4) is 0 Å². The molecule has 0 fully saturated rings. The zero-order valence-corrected chi connectivity index (χ0v) is 15.7. The molecule has 27 heavy (non-hydrogen) atoms. The second-order valence-corrected chi connectivity index (χ2v) is 7.45. The van der Waals surface area contributed by atoms with Crippen LogP contribution in [0, 0.1) is 0 Å². The lowest BCUT2D eigenvalue weighted by Crippen LogP contribution is -1.97. The number of benzene rings is 2. The first-order chi connectivity index (χ1) is 13.3. The van der Waals surface area contributed by atoms with Crippen LogP contribution in [0.25, 0.3) is 27.8 Å². The molecule has 0 aliphatic heterocycles. The zero-order chi connectivity index (χ0) is 18.2. The molecule has 0 saturated carbocycles. The average Bonchev–Trinajstić information content (AvgIpc) is 3.19. The third-order valence-electron chi connectivity index (χ3n) is 4.30. The number of rotatable bonds is 3. The van der Waals surface area contributed by atoms with E-state index in [9.17, 15) is 0 Å². The smallest absolute Gasteiger partial charge is 0.194 e. The van der Waals surface area contributed by atoms with Gasteiger partial charge in [-0.2, -0.15) is 0 Å². The predicted molar refractivity (Wildman–Crippen MR) is 109 cm³/mol. The van der Waals surface area contributed by atoms with Crippen LogP contribution < -0.4 is 0 Å². The molecule has 5 rings (SSSR count). The summed E-state index contributed by atoms with van der Waals surface area (Å²) in [6.07, 6.45) is 5.55. The highest BCUT2D eigenvalue weighted by atomic mass is 35.5. The SMILES string of the molecule is Clc1ccccc1-c1cc2cnc(Sc3ccccc3)nc2n2ccnc12. The standard InChI is InChI=1S/C21H13ClN4S/c22-18-9-5-4-8-16(18)17-12-14-13-24-21(27-15-6-2-1-3-7-15)25-19(14)26-11-10-23-20(17)26/h1-13H. The van der Waals surface area contributed by atoms with Crippen LogP contribution in [-0.2, 0) is 0 Å². The van der Waals surface area contributed by atoms with E-state index in [1.165, 1.54) is 11.8 Å². The fraction of sp³-hybridized carbons (Fsp3) is 0. The van der Waals surface area contributed by atoms with Crippen LogP contribution in [0.15, 0.2) is 89.3 Å². The summed E-state index contributed by atoms with van der Waals surface area (Å²) in [5, 5.41) is 2.33. The molecule has 6 heteroatoms. The van der Waals surface area contributed by atoms with Gasteiger partial charge in [0.15, 0.2) is 5.16 Å². The summed E-state index contributed by atoms with van der Waals surface area (Å²) in [6, 6.07) is 19.9. The molecule has 0 aliphatic rings. The second kappa shape index (κ2) is 6.68. The van der Waals surface area contributed by atoms with Crippen molar-refractivity contribution in [3.63, 3.8) is 0 Å². The number of halogens is 1. The molecule has 2 aromatic carbocycles. The minimum Gasteiger partial charge on any atom is -0.283 e. The summed E-state index contributed by atoms with van der Waals surface area (Å²) in [7, 11) is 0. The molecule has 5 aromatic rings. The molecule has 0 saturated heterocycles. The van der Waals surface area contributed by atoms with Crippen molar-refractivity contribution < 1.29 is 0 Å². The van der Waals surface area contributed by atoms with Gasteiger partial charge in [0.2, 0.25) is 0 Å². The Bertz CT molecular complexity index is 1270. The summed E-state index contributed by atoms with van der Waals surface area (Å²) in [5.41, 5.74) is 3.56. The first-order valence-corrected chi connectivity index (χ1v) is 9.60. The van der Waals surface area contributed by atoms with Crippen LogP contribution in [0.4, 0.5) is 0 Å². The highest BCUT2D eigenvalue weighted by Gasteiger charge is 2.14. The Morgan fingerprint density at radius 2 is 1.67 bits per heavy atom. The molecular weight excluding hydrogens is 376 g/mol. The van der Waals surface area contributed by atoms with E-state index in [2.05, 4.69) is 16.0 Å². The van der Waals surface area contributed by atoms with E-state index in [1.807, 2.05) is 71.4 Å². The highest BCUT2D eigenvalue weighted by molar-refractivity contribution is 7.99. The second-order valence-electron chi connectivity index (χ2n) is 6.01. The van der Waals surface area contributed by atoms with Crippen molar-refractivity contribution in [2.75, 3.05) is 0 Å². The van der Waals surface area contributed by atoms with Gasteiger partial charge in [-0.1, -0.05) is 48.0 Å². The molecule has 0 N–H and O–H groups in total. The largest absolute Gasteiger partial charge is 0.283 e. The summed E-state index contributed by atoms with van der Waals surface area (Å²) in [4.78, 5) is 14.9. The van der Waals surface area contributed by atoms with E-state index in [0.29, 0.717) is 10.2 Å². The van der Waals surface area contributed by atoms with Crippen molar-refractivity contribution in [3.05, 3.63) is 84.3 Å². The van der Waals surface area contributed by atoms with Gasteiger partial charge in [0.05, 0.1) is 0 Å². The summed E-state index contributed by atoms with van der Waals surface area (Å²) < 4.78 is 1.99. The maximum atomic E-state index is 6.42. The predicted octanol–water partition coefficient (Wildman–Crippen LogP) is 5.75. The van der Waals surface area contributed by atoms with Crippen LogP contribution in [0.1, 0.15) is 0 Å². The Morgan fingerprint density at radius 3 is 2.52 bits per heavy atom. The van der Waals surface area contributed by atoms with Gasteiger partial charge < -0.3 is 0 Å². The lowest BCUT2D eigenvalue weighted by atomic mass is 10.1. The molecule has 0 spiro atoms. The number of hydrogen-bond donors (Lipinski definition) is 0. The van der Waals surface area contributed by atoms with E-state index >= 15 is 0 Å². The first kappa shape index (κ1) is 16.3. The van der Waals surface area contributed by atoms with Gasteiger partial charge in [-0.25, -0.2) is 15.0 Å². The monoisotopic (exact) mass is 388 g/mol. The highest BCUT2D eigenvalue weighted by Crippen LogP contribution is 2.33. The van der Waals surface area contributed by atoms with Crippen molar-refractivity contribution in [3.8, 4) is 11.1 Å². The van der Waals surface area contributed by atoms with Crippen molar-refractivity contribution in [1.29, 1.82) is 0 Å². The summed E-state index contributed by atoms with van der Waals surface area (Å²) >= 11 is 7.96. The topological polar surface area (TPSA) is 43.1 Å². The van der Waals surface area contributed by atoms with Gasteiger partial charge in [-0.3, -0.25) is 4.40 Å². The van der Waals surface area contributed by atoms with Gasteiger partial charge in [-0.15, -0.1) is 0 Å². The Balaban J connectivity index is 1.69. The molecule has 0 unspecified atom stereocenters. The maximum Gasteiger partial charge on any atom is 0.194 e. The van der Waals surface area contributed by atoms with Crippen molar-refractivity contribution in [1.82, 2.24) is 19.4 Å². The van der Waals surface area contributed by atoms with Crippen molar-refractivity contribution in [2.45, 2.75) is 10.1 Å². The molecule has 130 valence electrons. The maximum absolute atomic E-state index is 6.42. The Kier molecular flexibility index (Phi) is 4.03. The quantitative estimate of drug-likeness (QED) is 0.369. The van der Waals surface area contributed by atoms with Gasteiger partial charge >= 0.3 is 0 Å². The molecule has 0 bridgehead atoms. The lowest BCUT2D eigenvalue weighted by Gasteiger charge is -2.10. The molecular formula is C21H13ClN4S. The fourth-order valence-corrected chi connectivity index (χ4v) is 4.06. The third-order valence-corrected chi connectivity index (χ3v) is 5.52. The molecule has 0 atom stereocenters. The van der Waals surface area contributed by atoms with E-state index in [0.717, 1.165) is 32.7 Å². The fourth-order valence-electron chi connectivity index (χ4n) is 3.08. The third kappa shape index (κ3) is 2.95. The lowest BCUT2D eigenvalue weighted by molar-refractivity contribution is 0.978. The van der Waals surface area contributed by atoms with Crippen LogP contribution in [0.5, 0.6) is 0 Å². The first-order valence-electron chi connectivity index (χ1n) is 8.40. The minimum atomic E-state index is 0.693. The van der Waals surface area contributed by atoms with Crippen molar-refractivity contribution >= 4 is 40.0 Å². The van der Waals surface area contributed by atoms with Gasteiger partial charge in [0.25, 0.3) is 0 Å². The van der Waals surface area contributed by atoms with Crippen LogP contribution in [0.2, 0.25) is 5.02 Å². The zero-order valence-electron chi connectivity index (χ0n) is 14.1. The number of hydrogen-bond acceptors (Lipinski definition) is 4. The molecule has 4 nitrogen and oxygen atoms in total. The van der Waals surface area contributed by atoms with Gasteiger partial charge in [0.1, 0.15) is 11.3 Å². The van der Waals surface area contributed by atoms with E-state index in [4.69, 9.17) is 16.6 Å². The minimum absolute atomic E-state index is 0.693. The number of nitrogens with zero attached hydrogens (tertiary/aromatic N) is 4. The van der Waals surface area contributed by atoms with E-state index < -0.39 is 0 Å². The Hall–Kier alpha value is -2.89. The summed E-state index contributed by atoms with van der Waals surface area (Å²) in [6.45, 7) is 0. The number of imidazole rings is 1. The summed E-state index contributed by atoms with van der Waals surface area (Å²) in [5.74, 6) is 0. The van der Waals surface area contributed by atoms with Crippen LogP contribution >= 0.6 is 23.4 Å². The molecule has 3 aromatic heterocycles. The average molecular weight is 389 g/mol. The number of pyridine rings is 1. The molecule has 0 radical (unpaired) electrons.